The zero-order valence-electron chi connectivity index (χ0n) is 13.0. The molecule has 1 fully saturated rings. The molecule has 1 aliphatic rings. The average molecular weight is 240 g/mol. The van der Waals surface area contributed by atoms with Gasteiger partial charge in [0.2, 0.25) is 0 Å². The highest BCUT2D eigenvalue weighted by Gasteiger charge is 2.32. The van der Waals surface area contributed by atoms with Gasteiger partial charge in [-0.3, -0.25) is 0 Å². The number of hydrogen-bond acceptors (Lipinski definition) is 2. The maximum absolute atomic E-state index is 3.63. The third-order valence-electron chi connectivity index (χ3n) is 3.51. The van der Waals surface area contributed by atoms with E-state index in [-0.39, 0.29) is 5.54 Å². The van der Waals surface area contributed by atoms with Gasteiger partial charge in [0, 0.05) is 25.2 Å². The van der Waals surface area contributed by atoms with Crippen LogP contribution >= 0.6 is 0 Å². The molecule has 17 heavy (non-hydrogen) atoms. The first kappa shape index (κ1) is 15.0. The molecule has 0 aromatic carbocycles. The van der Waals surface area contributed by atoms with Crippen molar-refractivity contribution in [1.82, 2.24) is 10.2 Å². The molecular formula is C15H32N2. The second-order valence-corrected chi connectivity index (χ2v) is 8.39. The summed E-state index contributed by atoms with van der Waals surface area (Å²) in [5.41, 5.74) is 1.10. The van der Waals surface area contributed by atoms with Crippen LogP contribution in [0.1, 0.15) is 54.9 Å². The third kappa shape index (κ3) is 5.87. The molecule has 0 aromatic rings. The Balaban J connectivity index is 2.39. The lowest BCUT2D eigenvalue weighted by atomic mass is 9.90. The van der Waals surface area contributed by atoms with Crippen LogP contribution in [0.15, 0.2) is 0 Å². The molecule has 102 valence electrons. The second-order valence-electron chi connectivity index (χ2n) is 8.39. The Morgan fingerprint density at radius 2 is 1.71 bits per heavy atom. The molecule has 0 atom stereocenters. The van der Waals surface area contributed by atoms with Gasteiger partial charge in [0.25, 0.3) is 0 Å². The quantitative estimate of drug-likeness (QED) is 0.812. The van der Waals surface area contributed by atoms with Crippen LogP contribution < -0.4 is 5.32 Å². The Hall–Kier alpha value is -0.0800. The first-order chi connectivity index (χ1) is 7.49. The minimum atomic E-state index is 0.224. The van der Waals surface area contributed by atoms with E-state index in [2.05, 4.69) is 58.7 Å². The molecular weight excluding hydrogens is 208 g/mol. The maximum atomic E-state index is 3.63. The molecule has 0 spiro atoms. The molecule has 1 N–H and O–H groups in total. The number of likely N-dealkylation sites (tertiary alicyclic amines) is 1. The fraction of sp³-hybridized carbons (Fsp3) is 1.00. The van der Waals surface area contributed by atoms with Crippen molar-refractivity contribution >= 4 is 0 Å². The van der Waals surface area contributed by atoms with Crippen molar-refractivity contribution in [3.63, 3.8) is 0 Å². The molecule has 0 amide bonds. The highest BCUT2D eigenvalue weighted by atomic mass is 15.2. The molecule has 1 saturated heterocycles. The Morgan fingerprint density at radius 3 is 2.12 bits per heavy atom. The van der Waals surface area contributed by atoms with Gasteiger partial charge in [0.1, 0.15) is 0 Å². The van der Waals surface area contributed by atoms with Gasteiger partial charge in [-0.25, -0.2) is 0 Å². The molecule has 0 unspecified atom stereocenters. The summed E-state index contributed by atoms with van der Waals surface area (Å²) in [5.74, 6) is 0. The lowest BCUT2D eigenvalue weighted by Crippen LogP contribution is -2.46. The van der Waals surface area contributed by atoms with Crippen molar-refractivity contribution in [2.45, 2.75) is 60.4 Å². The van der Waals surface area contributed by atoms with Gasteiger partial charge in [-0.2, -0.15) is 0 Å². The lowest BCUT2D eigenvalue weighted by molar-refractivity contribution is 0.179. The summed E-state index contributed by atoms with van der Waals surface area (Å²) >= 11 is 0. The standard InChI is InChI=1S/C15H32N2/c1-13(2,3)16-10-15(6,7)12-17-9-8-14(4,5)11-17/h16H,8-12H2,1-7H3. The smallest absolute Gasteiger partial charge is 0.00967 e. The van der Waals surface area contributed by atoms with Crippen LogP contribution in [0.25, 0.3) is 0 Å². The van der Waals surface area contributed by atoms with Crippen LogP contribution in [0.3, 0.4) is 0 Å². The van der Waals surface area contributed by atoms with Crippen molar-refractivity contribution in [3.8, 4) is 0 Å². The minimum Gasteiger partial charge on any atom is -0.311 e. The first-order valence-corrected chi connectivity index (χ1v) is 6.97. The summed E-state index contributed by atoms with van der Waals surface area (Å²) in [4.78, 5) is 2.63. The van der Waals surface area contributed by atoms with Gasteiger partial charge in [0.05, 0.1) is 0 Å². The molecule has 1 rings (SSSR count). The van der Waals surface area contributed by atoms with Crippen molar-refractivity contribution in [2.24, 2.45) is 10.8 Å². The third-order valence-corrected chi connectivity index (χ3v) is 3.51. The number of nitrogens with zero attached hydrogens (tertiary/aromatic N) is 1. The zero-order valence-corrected chi connectivity index (χ0v) is 13.0. The second kappa shape index (κ2) is 4.89. The highest BCUT2D eigenvalue weighted by molar-refractivity contribution is 4.87. The molecule has 0 aliphatic carbocycles. The van der Waals surface area contributed by atoms with Crippen LogP contribution in [0.5, 0.6) is 0 Å². The van der Waals surface area contributed by atoms with E-state index in [0.717, 1.165) is 6.54 Å². The predicted octanol–water partition coefficient (Wildman–Crippen LogP) is 3.13. The SMILES string of the molecule is CC1(C)CCN(CC(C)(C)CNC(C)(C)C)C1. The van der Waals surface area contributed by atoms with E-state index in [1.165, 1.54) is 26.1 Å². The van der Waals surface area contributed by atoms with E-state index in [1.54, 1.807) is 0 Å². The Morgan fingerprint density at radius 1 is 1.12 bits per heavy atom. The van der Waals surface area contributed by atoms with Crippen molar-refractivity contribution in [1.29, 1.82) is 0 Å². The first-order valence-electron chi connectivity index (χ1n) is 6.97. The van der Waals surface area contributed by atoms with Gasteiger partial charge in [-0.15, -0.1) is 0 Å². The molecule has 2 heteroatoms. The fourth-order valence-corrected chi connectivity index (χ4v) is 2.52. The summed E-state index contributed by atoms with van der Waals surface area (Å²) in [6.07, 6.45) is 1.34. The van der Waals surface area contributed by atoms with Crippen molar-refractivity contribution in [2.75, 3.05) is 26.2 Å². The van der Waals surface area contributed by atoms with Crippen LogP contribution in [-0.2, 0) is 0 Å². The number of rotatable bonds is 4. The Bertz CT molecular complexity index is 248. The maximum Gasteiger partial charge on any atom is 0.00967 e. The molecule has 0 saturated carbocycles. The van der Waals surface area contributed by atoms with Crippen LogP contribution in [0, 0.1) is 10.8 Å². The molecule has 0 radical (unpaired) electrons. The summed E-state index contributed by atoms with van der Waals surface area (Å²) in [6.45, 7) is 21.0. The van der Waals surface area contributed by atoms with Gasteiger partial charge >= 0.3 is 0 Å². The summed E-state index contributed by atoms with van der Waals surface area (Å²) in [6, 6.07) is 0. The normalized spacial score (nSPS) is 22.1. The molecule has 2 nitrogen and oxygen atoms in total. The van der Waals surface area contributed by atoms with E-state index < -0.39 is 0 Å². The number of hydrogen-bond donors (Lipinski definition) is 1. The van der Waals surface area contributed by atoms with E-state index in [4.69, 9.17) is 0 Å². The van der Waals surface area contributed by atoms with Crippen molar-refractivity contribution < 1.29 is 0 Å². The average Bonchev–Trinajstić information content (AvgIpc) is 2.40. The monoisotopic (exact) mass is 240 g/mol. The molecule has 0 bridgehead atoms. The van der Waals surface area contributed by atoms with Gasteiger partial charge in [0.15, 0.2) is 0 Å². The lowest BCUT2D eigenvalue weighted by Gasteiger charge is -2.34. The van der Waals surface area contributed by atoms with E-state index in [1.807, 2.05) is 0 Å². The summed E-state index contributed by atoms with van der Waals surface area (Å²) in [5, 5.41) is 3.63. The number of nitrogens with one attached hydrogen (secondary N) is 1. The minimum absolute atomic E-state index is 0.224. The van der Waals surface area contributed by atoms with Crippen LogP contribution in [-0.4, -0.2) is 36.6 Å². The van der Waals surface area contributed by atoms with Crippen molar-refractivity contribution in [3.05, 3.63) is 0 Å². The Kier molecular flexibility index (Phi) is 4.31. The zero-order chi connectivity index (χ0) is 13.3. The van der Waals surface area contributed by atoms with Gasteiger partial charge in [-0.05, 0) is 44.6 Å². The highest BCUT2D eigenvalue weighted by Crippen LogP contribution is 2.31. The largest absolute Gasteiger partial charge is 0.311 e. The Labute approximate surface area is 108 Å². The fourth-order valence-electron chi connectivity index (χ4n) is 2.52. The van der Waals surface area contributed by atoms with E-state index in [0.29, 0.717) is 10.8 Å². The van der Waals surface area contributed by atoms with E-state index >= 15 is 0 Å². The van der Waals surface area contributed by atoms with Crippen LogP contribution in [0.4, 0.5) is 0 Å². The van der Waals surface area contributed by atoms with Crippen LogP contribution in [0.2, 0.25) is 0 Å². The topological polar surface area (TPSA) is 15.3 Å². The molecule has 1 heterocycles. The molecule has 1 aliphatic heterocycles. The predicted molar refractivity (Wildman–Crippen MR) is 76.4 cm³/mol. The summed E-state index contributed by atoms with van der Waals surface area (Å²) < 4.78 is 0. The van der Waals surface area contributed by atoms with Gasteiger partial charge in [-0.1, -0.05) is 27.7 Å². The van der Waals surface area contributed by atoms with Gasteiger partial charge < -0.3 is 10.2 Å². The van der Waals surface area contributed by atoms with E-state index in [9.17, 15) is 0 Å². The molecule has 0 aromatic heterocycles. The summed E-state index contributed by atoms with van der Waals surface area (Å²) in [7, 11) is 0.